The molecule has 1 aliphatic rings. The highest BCUT2D eigenvalue weighted by Gasteiger charge is 2.44. The molecule has 11 heteroatoms. The number of carbonyl (C=O) groups excluding carboxylic acids is 3. The van der Waals surface area contributed by atoms with Crippen LogP contribution in [0, 0.1) is 12.3 Å². The molecule has 0 radical (unpaired) electrons. The van der Waals surface area contributed by atoms with Crippen molar-refractivity contribution in [1.82, 2.24) is 30.5 Å². The van der Waals surface area contributed by atoms with Crippen LogP contribution < -0.4 is 16.0 Å². The van der Waals surface area contributed by atoms with E-state index >= 15 is 0 Å². The number of urea groups is 1. The van der Waals surface area contributed by atoms with Gasteiger partial charge in [0.25, 0.3) is 0 Å². The van der Waals surface area contributed by atoms with Crippen LogP contribution in [0.3, 0.4) is 0 Å². The largest absolute Gasteiger partial charge is 0.391 e. The van der Waals surface area contributed by atoms with Gasteiger partial charge in [-0.1, -0.05) is 43.7 Å². The third kappa shape index (κ3) is 5.90. The zero-order valence-electron chi connectivity index (χ0n) is 20.2. The Balaban J connectivity index is 1.70. The summed E-state index contributed by atoms with van der Waals surface area (Å²) in [6, 6.07) is 5.54. The molecule has 0 spiro atoms. The summed E-state index contributed by atoms with van der Waals surface area (Å²) in [5.74, 6) is -0.639. The number of aryl methyl sites for hydroxylation is 1. The van der Waals surface area contributed by atoms with Gasteiger partial charge in [0, 0.05) is 25.7 Å². The van der Waals surface area contributed by atoms with E-state index in [1.165, 1.54) is 16.6 Å². The number of amides is 4. The van der Waals surface area contributed by atoms with Gasteiger partial charge >= 0.3 is 6.03 Å². The van der Waals surface area contributed by atoms with E-state index in [-0.39, 0.29) is 37.4 Å². The van der Waals surface area contributed by atoms with Crippen LogP contribution >= 0.6 is 0 Å². The smallest absolute Gasteiger partial charge is 0.319 e. The van der Waals surface area contributed by atoms with Crippen LogP contribution in [-0.4, -0.2) is 68.6 Å². The molecule has 1 aromatic heterocycles. The van der Waals surface area contributed by atoms with Crippen molar-refractivity contribution in [3.8, 4) is 0 Å². The third-order valence-corrected chi connectivity index (χ3v) is 5.73. The van der Waals surface area contributed by atoms with Crippen LogP contribution in [0.1, 0.15) is 44.5 Å². The first-order valence-corrected chi connectivity index (χ1v) is 11.2. The van der Waals surface area contributed by atoms with E-state index in [1.54, 1.807) is 6.20 Å². The number of β-amino-alcohol motifs (C(OH)–C–C–N with tert-alkyl or cyclic N) is 1. The minimum atomic E-state index is -0.769. The van der Waals surface area contributed by atoms with Gasteiger partial charge in [-0.05, 0) is 24.5 Å². The molecule has 0 aliphatic carbocycles. The number of aliphatic hydroxyl groups excluding tert-OH is 1. The Labute approximate surface area is 198 Å². The van der Waals surface area contributed by atoms with Crippen LogP contribution in [0.4, 0.5) is 10.5 Å². The summed E-state index contributed by atoms with van der Waals surface area (Å²) in [6.45, 7) is 7.84. The number of nitrogens with one attached hydrogen (secondary N) is 3. The molecule has 0 unspecified atom stereocenters. The van der Waals surface area contributed by atoms with E-state index < -0.39 is 23.6 Å². The van der Waals surface area contributed by atoms with Gasteiger partial charge in [0.2, 0.25) is 11.8 Å². The highest BCUT2D eigenvalue weighted by atomic mass is 16.3. The topological polar surface area (TPSA) is 141 Å². The molecular formula is C23H33N7O4. The minimum absolute atomic E-state index is 0.0752. The summed E-state index contributed by atoms with van der Waals surface area (Å²) in [6.07, 6.45) is 1.03. The second kappa shape index (κ2) is 10.2. The maximum Gasteiger partial charge on any atom is 0.319 e. The highest BCUT2D eigenvalue weighted by Crippen LogP contribution is 2.34. The SMILES string of the molecule is CNC(=O)[C@@H]1C[C@@H](O)CN1C(=O)[C@@H](n1cc(CNC(=O)Nc2ccc(C)cc2)nn1)C(C)(C)C. The molecule has 1 aromatic carbocycles. The predicted octanol–water partition coefficient (Wildman–Crippen LogP) is 1.20. The zero-order valence-corrected chi connectivity index (χ0v) is 20.2. The van der Waals surface area contributed by atoms with Crippen molar-refractivity contribution in [1.29, 1.82) is 0 Å². The number of benzene rings is 1. The lowest BCUT2D eigenvalue weighted by molar-refractivity contribution is -0.144. The molecule has 1 fully saturated rings. The number of hydrogen-bond donors (Lipinski definition) is 4. The van der Waals surface area contributed by atoms with Crippen molar-refractivity contribution < 1.29 is 19.5 Å². The molecule has 2 aromatic rings. The van der Waals surface area contributed by atoms with Crippen molar-refractivity contribution in [3.05, 3.63) is 41.7 Å². The lowest BCUT2D eigenvalue weighted by Crippen LogP contribution is -2.49. The van der Waals surface area contributed by atoms with Crippen molar-refractivity contribution in [3.63, 3.8) is 0 Å². The van der Waals surface area contributed by atoms with E-state index in [0.717, 1.165) is 5.56 Å². The molecule has 2 heterocycles. The van der Waals surface area contributed by atoms with Gasteiger partial charge in [0.1, 0.15) is 17.8 Å². The zero-order chi connectivity index (χ0) is 25.0. The standard InChI is InChI=1S/C23H33N7O4/c1-14-6-8-15(9-7-14)26-22(34)25-11-16-12-30(28-27-16)19(23(2,3)4)21(33)29-13-17(31)10-18(29)20(32)24-5/h6-9,12,17-19,31H,10-11,13H2,1-5H3,(H,24,32)(H2,25,26,34)/t17-,18+,19-/m1/s1. The lowest BCUT2D eigenvalue weighted by Gasteiger charge is -2.34. The first-order valence-electron chi connectivity index (χ1n) is 11.2. The van der Waals surface area contributed by atoms with E-state index in [4.69, 9.17) is 0 Å². The number of anilines is 1. The first-order chi connectivity index (χ1) is 16.0. The number of likely N-dealkylation sites (tertiary alicyclic amines) is 1. The molecule has 0 bridgehead atoms. The molecule has 0 saturated carbocycles. The highest BCUT2D eigenvalue weighted by molar-refractivity contribution is 5.90. The molecule has 3 rings (SSSR count). The van der Waals surface area contributed by atoms with Crippen LogP contribution in [-0.2, 0) is 16.1 Å². The molecule has 4 amide bonds. The Morgan fingerprint density at radius 1 is 1.21 bits per heavy atom. The minimum Gasteiger partial charge on any atom is -0.391 e. The summed E-state index contributed by atoms with van der Waals surface area (Å²) < 4.78 is 1.46. The molecule has 11 nitrogen and oxygen atoms in total. The molecule has 1 aliphatic heterocycles. The monoisotopic (exact) mass is 471 g/mol. The summed E-state index contributed by atoms with van der Waals surface area (Å²) >= 11 is 0. The Hall–Kier alpha value is -3.47. The molecule has 4 N–H and O–H groups in total. The number of likely N-dealkylation sites (N-methyl/N-ethyl adjacent to an activating group) is 1. The first kappa shape index (κ1) is 25.2. The van der Waals surface area contributed by atoms with Gasteiger partial charge in [-0.15, -0.1) is 5.10 Å². The van der Waals surface area contributed by atoms with Crippen molar-refractivity contribution in [2.24, 2.45) is 5.41 Å². The second-order valence-electron chi connectivity index (χ2n) is 9.64. The van der Waals surface area contributed by atoms with Crippen LogP contribution in [0.25, 0.3) is 0 Å². The van der Waals surface area contributed by atoms with Gasteiger partial charge in [0.05, 0.1) is 18.8 Å². The maximum atomic E-state index is 13.5. The van der Waals surface area contributed by atoms with E-state index in [2.05, 4.69) is 26.3 Å². The Morgan fingerprint density at radius 3 is 2.50 bits per heavy atom. The average molecular weight is 472 g/mol. The van der Waals surface area contributed by atoms with Crippen molar-refractivity contribution >= 4 is 23.5 Å². The summed E-state index contributed by atoms with van der Waals surface area (Å²) in [7, 11) is 1.50. The lowest BCUT2D eigenvalue weighted by atomic mass is 9.85. The molecule has 34 heavy (non-hydrogen) atoms. The van der Waals surface area contributed by atoms with Crippen LogP contribution in [0.15, 0.2) is 30.5 Å². The number of rotatable bonds is 6. The van der Waals surface area contributed by atoms with Gasteiger partial charge in [-0.25, -0.2) is 9.48 Å². The normalized spacial score (nSPS) is 18.9. The molecular weight excluding hydrogens is 438 g/mol. The fourth-order valence-corrected chi connectivity index (χ4v) is 4.01. The fraction of sp³-hybridized carbons (Fsp3) is 0.522. The van der Waals surface area contributed by atoms with Gasteiger partial charge in [0.15, 0.2) is 0 Å². The van der Waals surface area contributed by atoms with E-state index in [9.17, 15) is 19.5 Å². The van der Waals surface area contributed by atoms with E-state index in [0.29, 0.717) is 11.4 Å². The number of aliphatic hydroxyl groups is 1. The molecule has 1 saturated heterocycles. The molecule has 3 atom stereocenters. The maximum absolute atomic E-state index is 13.5. The third-order valence-electron chi connectivity index (χ3n) is 5.73. The van der Waals surface area contributed by atoms with Crippen LogP contribution in [0.5, 0.6) is 0 Å². The van der Waals surface area contributed by atoms with Gasteiger partial charge in [-0.3, -0.25) is 9.59 Å². The quantitative estimate of drug-likeness (QED) is 0.499. The Bertz CT molecular complexity index is 1030. The van der Waals surface area contributed by atoms with Crippen molar-refractivity contribution in [2.45, 2.75) is 58.8 Å². The fourth-order valence-electron chi connectivity index (χ4n) is 4.01. The number of nitrogens with zero attached hydrogens (tertiary/aromatic N) is 4. The van der Waals surface area contributed by atoms with E-state index in [1.807, 2.05) is 52.0 Å². The Morgan fingerprint density at radius 2 is 1.88 bits per heavy atom. The Kier molecular flexibility index (Phi) is 7.55. The number of carbonyl (C=O) groups is 3. The van der Waals surface area contributed by atoms with Crippen LogP contribution in [0.2, 0.25) is 0 Å². The average Bonchev–Trinajstić information content (AvgIpc) is 3.39. The summed E-state index contributed by atoms with van der Waals surface area (Å²) in [5.41, 5.74) is 1.68. The summed E-state index contributed by atoms with van der Waals surface area (Å²) in [4.78, 5) is 39.4. The predicted molar refractivity (Wildman–Crippen MR) is 126 cm³/mol. The van der Waals surface area contributed by atoms with Gasteiger partial charge in [-0.2, -0.15) is 0 Å². The summed E-state index contributed by atoms with van der Waals surface area (Å²) in [5, 5.41) is 26.4. The molecule has 184 valence electrons. The number of hydrogen-bond acceptors (Lipinski definition) is 6. The van der Waals surface area contributed by atoms with Crippen molar-refractivity contribution in [2.75, 3.05) is 18.9 Å². The number of aromatic nitrogens is 3. The van der Waals surface area contributed by atoms with Gasteiger partial charge < -0.3 is 26.0 Å². The second-order valence-corrected chi connectivity index (χ2v) is 9.64.